The average Bonchev–Trinajstić information content (AvgIpc) is 2.88. The van der Waals surface area contributed by atoms with Crippen LogP contribution in [0.15, 0.2) is 12.5 Å². The topological polar surface area (TPSA) is 41.3 Å². The van der Waals surface area contributed by atoms with Gasteiger partial charge in [-0.3, -0.25) is 4.90 Å². The molecule has 0 amide bonds. The number of hydrogen-bond donors (Lipinski definition) is 1. The standard InChI is InChI=1S/C14H25N3O/c1-11(2)17-10-15-8-14(17)9-16-6-4-5-13(16)7-12(3)18/h8,10-13,18H,4-7,9H2,1-3H3. The van der Waals surface area contributed by atoms with Gasteiger partial charge in [-0.25, -0.2) is 4.98 Å². The zero-order valence-electron chi connectivity index (χ0n) is 11.7. The van der Waals surface area contributed by atoms with Gasteiger partial charge in [0.2, 0.25) is 0 Å². The fourth-order valence-electron chi connectivity index (χ4n) is 2.89. The van der Waals surface area contributed by atoms with Gasteiger partial charge in [0.15, 0.2) is 0 Å². The second-order valence-corrected chi connectivity index (χ2v) is 5.74. The van der Waals surface area contributed by atoms with Crippen molar-refractivity contribution in [2.45, 2.75) is 64.8 Å². The van der Waals surface area contributed by atoms with Crippen LogP contribution in [-0.2, 0) is 6.54 Å². The molecule has 1 aliphatic heterocycles. The van der Waals surface area contributed by atoms with Crippen molar-refractivity contribution in [2.24, 2.45) is 0 Å². The van der Waals surface area contributed by atoms with Gasteiger partial charge in [-0.2, -0.15) is 0 Å². The summed E-state index contributed by atoms with van der Waals surface area (Å²) in [4.78, 5) is 6.75. The van der Waals surface area contributed by atoms with Gasteiger partial charge >= 0.3 is 0 Å². The number of imidazole rings is 1. The Bertz CT molecular complexity index is 373. The van der Waals surface area contributed by atoms with E-state index in [1.807, 2.05) is 19.4 Å². The maximum absolute atomic E-state index is 9.56. The number of aliphatic hydroxyl groups excluding tert-OH is 1. The van der Waals surface area contributed by atoms with Gasteiger partial charge in [-0.05, 0) is 46.6 Å². The Morgan fingerprint density at radius 3 is 2.89 bits per heavy atom. The van der Waals surface area contributed by atoms with Crippen LogP contribution in [0.5, 0.6) is 0 Å². The molecular formula is C14H25N3O. The number of aromatic nitrogens is 2. The summed E-state index contributed by atoms with van der Waals surface area (Å²) in [6.45, 7) is 8.34. The van der Waals surface area contributed by atoms with Crippen LogP contribution in [0.3, 0.4) is 0 Å². The molecule has 0 aliphatic carbocycles. The summed E-state index contributed by atoms with van der Waals surface area (Å²) in [7, 11) is 0. The first-order chi connectivity index (χ1) is 8.58. The lowest BCUT2D eigenvalue weighted by Crippen LogP contribution is -2.32. The molecule has 1 aromatic heterocycles. The summed E-state index contributed by atoms with van der Waals surface area (Å²) in [6.07, 6.45) is 7.02. The van der Waals surface area contributed by atoms with E-state index in [0.29, 0.717) is 12.1 Å². The number of rotatable bonds is 5. The number of likely N-dealkylation sites (tertiary alicyclic amines) is 1. The van der Waals surface area contributed by atoms with Crippen molar-refractivity contribution in [1.82, 2.24) is 14.5 Å². The molecule has 18 heavy (non-hydrogen) atoms. The minimum absolute atomic E-state index is 0.203. The number of nitrogens with zero attached hydrogens (tertiary/aromatic N) is 3. The average molecular weight is 251 g/mol. The van der Waals surface area contributed by atoms with Crippen LogP contribution in [0.2, 0.25) is 0 Å². The van der Waals surface area contributed by atoms with Crippen molar-refractivity contribution in [1.29, 1.82) is 0 Å². The second kappa shape index (κ2) is 5.85. The van der Waals surface area contributed by atoms with Crippen LogP contribution < -0.4 is 0 Å². The predicted molar refractivity (Wildman–Crippen MR) is 72.3 cm³/mol. The van der Waals surface area contributed by atoms with Gasteiger partial charge < -0.3 is 9.67 Å². The molecule has 1 N–H and O–H groups in total. The highest BCUT2D eigenvalue weighted by molar-refractivity contribution is 5.01. The first-order valence-corrected chi connectivity index (χ1v) is 7.00. The summed E-state index contributed by atoms with van der Waals surface area (Å²) in [5.41, 5.74) is 1.28. The Labute approximate surface area is 110 Å². The zero-order valence-corrected chi connectivity index (χ0v) is 11.7. The molecule has 102 valence electrons. The summed E-state index contributed by atoms with van der Waals surface area (Å²) in [5.74, 6) is 0. The molecular weight excluding hydrogens is 226 g/mol. The largest absolute Gasteiger partial charge is 0.393 e. The van der Waals surface area contributed by atoms with Crippen LogP contribution >= 0.6 is 0 Å². The van der Waals surface area contributed by atoms with Gasteiger partial charge in [0.1, 0.15) is 0 Å². The van der Waals surface area contributed by atoms with Crippen molar-refractivity contribution in [3.63, 3.8) is 0 Å². The lowest BCUT2D eigenvalue weighted by Gasteiger charge is -2.26. The molecule has 2 heterocycles. The lowest BCUT2D eigenvalue weighted by molar-refractivity contribution is 0.129. The molecule has 0 saturated carbocycles. The third-order valence-electron chi connectivity index (χ3n) is 3.78. The van der Waals surface area contributed by atoms with E-state index < -0.39 is 0 Å². The van der Waals surface area contributed by atoms with E-state index in [2.05, 4.69) is 28.3 Å². The smallest absolute Gasteiger partial charge is 0.0951 e. The van der Waals surface area contributed by atoms with Crippen molar-refractivity contribution in [3.8, 4) is 0 Å². The van der Waals surface area contributed by atoms with E-state index in [-0.39, 0.29) is 6.10 Å². The molecule has 1 aromatic rings. The predicted octanol–water partition coefficient (Wildman–Crippen LogP) is 2.20. The Morgan fingerprint density at radius 1 is 1.44 bits per heavy atom. The Kier molecular flexibility index (Phi) is 4.40. The highest BCUT2D eigenvalue weighted by Gasteiger charge is 2.26. The first-order valence-electron chi connectivity index (χ1n) is 7.00. The molecule has 2 rings (SSSR count). The molecule has 0 aromatic carbocycles. The van der Waals surface area contributed by atoms with Crippen LogP contribution in [0.1, 0.15) is 51.8 Å². The van der Waals surface area contributed by atoms with Gasteiger partial charge in [-0.15, -0.1) is 0 Å². The molecule has 1 aliphatic rings. The summed E-state index contributed by atoms with van der Waals surface area (Å²) in [6, 6.07) is 0.987. The van der Waals surface area contributed by atoms with Crippen LogP contribution in [0, 0.1) is 0 Å². The maximum atomic E-state index is 9.56. The summed E-state index contributed by atoms with van der Waals surface area (Å²) >= 11 is 0. The molecule has 4 nitrogen and oxygen atoms in total. The minimum Gasteiger partial charge on any atom is -0.393 e. The van der Waals surface area contributed by atoms with Crippen molar-refractivity contribution in [2.75, 3.05) is 6.54 Å². The fraction of sp³-hybridized carbons (Fsp3) is 0.786. The molecule has 1 saturated heterocycles. The van der Waals surface area contributed by atoms with E-state index in [1.54, 1.807) is 0 Å². The Hall–Kier alpha value is -0.870. The van der Waals surface area contributed by atoms with Gasteiger partial charge in [-0.1, -0.05) is 0 Å². The van der Waals surface area contributed by atoms with Crippen molar-refractivity contribution in [3.05, 3.63) is 18.2 Å². The molecule has 2 unspecified atom stereocenters. The molecule has 1 fully saturated rings. The maximum Gasteiger partial charge on any atom is 0.0951 e. The minimum atomic E-state index is -0.203. The van der Waals surface area contributed by atoms with Gasteiger partial charge in [0.05, 0.1) is 18.1 Å². The zero-order chi connectivity index (χ0) is 13.1. The molecule has 0 bridgehead atoms. The van der Waals surface area contributed by atoms with Crippen LogP contribution in [0.25, 0.3) is 0 Å². The van der Waals surface area contributed by atoms with Gasteiger partial charge in [0, 0.05) is 24.8 Å². The van der Waals surface area contributed by atoms with Crippen molar-refractivity contribution < 1.29 is 5.11 Å². The fourth-order valence-corrected chi connectivity index (χ4v) is 2.89. The van der Waals surface area contributed by atoms with Crippen molar-refractivity contribution >= 4 is 0 Å². The van der Waals surface area contributed by atoms with E-state index in [9.17, 15) is 5.11 Å². The molecule has 0 spiro atoms. The third kappa shape index (κ3) is 3.12. The van der Waals surface area contributed by atoms with E-state index in [4.69, 9.17) is 0 Å². The molecule has 2 atom stereocenters. The van der Waals surface area contributed by atoms with E-state index in [1.165, 1.54) is 18.5 Å². The molecule has 4 heteroatoms. The number of hydrogen-bond acceptors (Lipinski definition) is 3. The van der Waals surface area contributed by atoms with E-state index >= 15 is 0 Å². The molecule has 0 radical (unpaired) electrons. The van der Waals surface area contributed by atoms with E-state index in [0.717, 1.165) is 19.5 Å². The quantitative estimate of drug-likeness (QED) is 0.872. The summed E-state index contributed by atoms with van der Waals surface area (Å²) < 4.78 is 2.23. The summed E-state index contributed by atoms with van der Waals surface area (Å²) in [5, 5.41) is 9.56. The van der Waals surface area contributed by atoms with Crippen LogP contribution in [0.4, 0.5) is 0 Å². The Balaban J connectivity index is 2.01. The van der Waals surface area contributed by atoms with Gasteiger partial charge in [0.25, 0.3) is 0 Å². The second-order valence-electron chi connectivity index (χ2n) is 5.74. The number of aliphatic hydroxyl groups is 1. The highest BCUT2D eigenvalue weighted by Crippen LogP contribution is 2.24. The van der Waals surface area contributed by atoms with Crippen LogP contribution in [-0.4, -0.2) is 38.2 Å². The third-order valence-corrected chi connectivity index (χ3v) is 3.78. The monoisotopic (exact) mass is 251 g/mol. The SMILES string of the molecule is CC(O)CC1CCCN1Cc1cncn1C(C)C. The lowest BCUT2D eigenvalue weighted by atomic mass is 10.1. The highest BCUT2D eigenvalue weighted by atomic mass is 16.3. The normalized spacial score (nSPS) is 22.8. The Morgan fingerprint density at radius 2 is 2.22 bits per heavy atom. The first kappa shape index (κ1) is 13.6.